The van der Waals surface area contributed by atoms with Gasteiger partial charge in [-0.25, -0.2) is 23.4 Å². The number of hydrogen-bond donors (Lipinski definition) is 1. The van der Waals surface area contributed by atoms with Crippen molar-refractivity contribution in [3.63, 3.8) is 0 Å². The Balaban J connectivity index is 1.50. The number of rotatable bonds is 5. The highest BCUT2D eigenvalue weighted by Gasteiger charge is 2.27. The Kier molecular flexibility index (Phi) is 5.74. The van der Waals surface area contributed by atoms with Crippen molar-refractivity contribution in [3.8, 4) is 17.5 Å². The normalized spacial score (nSPS) is 15.6. The zero-order chi connectivity index (χ0) is 21.1. The first-order valence-electron chi connectivity index (χ1n) is 9.20. The number of nitrogens with zero attached hydrogens (tertiary/aromatic N) is 6. The Morgan fingerprint density at radius 2 is 1.83 bits per heavy atom. The van der Waals surface area contributed by atoms with Crippen molar-refractivity contribution in [1.82, 2.24) is 24.2 Å². The lowest BCUT2D eigenvalue weighted by Gasteiger charge is -2.31. The first-order chi connectivity index (χ1) is 14.5. The van der Waals surface area contributed by atoms with Gasteiger partial charge in [0.05, 0.1) is 16.1 Å². The molecule has 1 aliphatic rings. The fraction of sp³-hybridized carbons (Fsp3) is 0.263. The van der Waals surface area contributed by atoms with Crippen LogP contribution in [0.2, 0.25) is 0 Å². The maximum Gasteiger partial charge on any atom is 0.243 e. The molecule has 1 aliphatic heterocycles. The van der Waals surface area contributed by atoms with Crippen LogP contribution in [0.1, 0.15) is 4.88 Å². The minimum absolute atomic E-state index is 0.258. The Morgan fingerprint density at radius 1 is 1.10 bits per heavy atom. The Labute approximate surface area is 178 Å². The van der Waals surface area contributed by atoms with Crippen LogP contribution in [-0.2, 0) is 10.0 Å². The predicted molar refractivity (Wildman–Crippen MR) is 114 cm³/mol. The highest BCUT2D eigenvalue weighted by Crippen LogP contribution is 2.25. The number of benzene rings is 1. The van der Waals surface area contributed by atoms with Gasteiger partial charge < -0.3 is 10.2 Å². The molecule has 30 heavy (non-hydrogen) atoms. The van der Waals surface area contributed by atoms with Gasteiger partial charge in [0.25, 0.3) is 0 Å². The standard InChI is InChI=1S/C19H19N7O2S2/c1-25-8-10-26(11-9-25)30(27,28)15-4-2-14(3-5-15)23-19-21-7-6-16(24-19)18-17(12-20)29-13-22-18/h2-7,13H,8-11H2,1H3,(H,21,23,24). The highest BCUT2D eigenvalue weighted by molar-refractivity contribution is 7.89. The summed E-state index contributed by atoms with van der Waals surface area (Å²) < 4.78 is 27.2. The smallest absolute Gasteiger partial charge is 0.243 e. The Bertz CT molecular complexity index is 1180. The topological polar surface area (TPSA) is 115 Å². The predicted octanol–water partition coefficient (Wildman–Crippen LogP) is 2.15. The number of piperazine rings is 1. The van der Waals surface area contributed by atoms with Gasteiger partial charge in [0.15, 0.2) is 0 Å². The summed E-state index contributed by atoms with van der Waals surface area (Å²) in [7, 11) is -1.53. The third-order valence-corrected chi connectivity index (χ3v) is 7.42. The zero-order valence-corrected chi connectivity index (χ0v) is 17.8. The van der Waals surface area contributed by atoms with E-state index in [4.69, 9.17) is 0 Å². The molecular formula is C19H19N7O2S2. The van der Waals surface area contributed by atoms with Crippen LogP contribution in [0.15, 0.2) is 46.9 Å². The van der Waals surface area contributed by atoms with Gasteiger partial charge in [0.1, 0.15) is 16.6 Å². The molecular weight excluding hydrogens is 422 g/mol. The minimum atomic E-state index is -3.51. The van der Waals surface area contributed by atoms with Gasteiger partial charge in [0.2, 0.25) is 16.0 Å². The molecule has 0 aliphatic carbocycles. The van der Waals surface area contributed by atoms with Crippen LogP contribution in [0.5, 0.6) is 0 Å². The second-order valence-electron chi connectivity index (χ2n) is 6.76. The summed E-state index contributed by atoms with van der Waals surface area (Å²) >= 11 is 1.25. The molecule has 1 aromatic carbocycles. The lowest BCUT2D eigenvalue weighted by molar-refractivity contribution is 0.222. The summed E-state index contributed by atoms with van der Waals surface area (Å²) in [4.78, 5) is 15.7. The van der Waals surface area contributed by atoms with Crippen LogP contribution in [0, 0.1) is 11.3 Å². The molecule has 0 spiro atoms. The number of aromatic nitrogens is 3. The third kappa shape index (κ3) is 4.17. The van der Waals surface area contributed by atoms with E-state index in [-0.39, 0.29) is 4.90 Å². The molecule has 1 saturated heterocycles. The van der Waals surface area contributed by atoms with Crippen LogP contribution in [0.25, 0.3) is 11.4 Å². The molecule has 1 fully saturated rings. The summed E-state index contributed by atoms with van der Waals surface area (Å²) in [5.74, 6) is 0.332. The van der Waals surface area contributed by atoms with Gasteiger partial charge in [0, 0.05) is 38.1 Å². The molecule has 0 radical (unpaired) electrons. The average molecular weight is 442 g/mol. The number of sulfonamides is 1. The van der Waals surface area contributed by atoms with Gasteiger partial charge in [-0.05, 0) is 37.4 Å². The third-order valence-electron chi connectivity index (χ3n) is 4.78. The molecule has 4 rings (SSSR count). The van der Waals surface area contributed by atoms with Crippen molar-refractivity contribution in [2.24, 2.45) is 0 Å². The SMILES string of the molecule is CN1CCN(S(=O)(=O)c2ccc(Nc3nccc(-c4ncsc4C#N)n3)cc2)CC1. The van der Waals surface area contributed by atoms with Crippen LogP contribution >= 0.6 is 11.3 Å². The van der Waals surface area contributed by atoms with E-state index in [0.29, 0.717) is 41.0 Å². The van der Waals surface area contributed by atoms with Crippen LogP contribution < -0.4 is 5.32 Å². The fourth-order valence-corrected chi connectivity index (χ4v) is 5.08. The molecule has 9 nitrogen and oxygen atoms in total. The molecule has 2 aromatic heterocycles. The van der Waals surface area contributed by atoms with Crippen molar-refractivity contribution in [1.29, 1.82) is 5.26 Å². The molecule has 0 atom stereocenters. The van der Waals surface area contributed by atoms with Crippen LogP contribution in [-0.4, -0.2) is 65.8 Å². The molecule has 0 unspecified atom stereocenters. The van der Waals surface area contributed by atoms with E-state index in [1.807, 2.05) is 7.05 Å². The maximum atomic E-state index is 12.8. The number of thiazole rings is 1. The number of anilines is 2. The maximum absolute atomic E-state index is 12.8. The summed E-state index contributed by atoms with van der Waals surface area (Å²) in [6.45, 7) is 2.42. The monoisotopic (exact) mass is 441 g/mol. The van der Waals surface area contributed by atoms with Crippen molar-refractivity contribution in [2.75, 3.05) is 38.5 Å². The number of nitrogens with one attached hydrogen (secondary N) is 1. The molecule has 0 bridgehead atoms. The summed E-state index contributed by atoms with van der Waals surface area (Å²) in [5, 5.41) is 12.2. The molecule has 3 heterocycles. The first-order valence-corrected chi connectivity index (χ1v) is 11.5. The molecule has 3 aromatic rings. The lowest BCUT2D eigenvalue weighted by atomic mass is 10.3. The second kappa shape index (κ2) is 8.45. The Hall–Kier alpha value is -2.91. The van der Waals surface area contributed by atoms with Crippen molar-refractivity contribution in [2.45, 2.75) is 4.90 Å². The van der Waals surface area contributed by atoms with Gasteiger partial charge in [-0.2, -0.15) is 9.57 Å². The Morgan fingerprint density at radius 3 is 2.53 bits per heavy atom. The van der Waals surface area contributed by atoms with E-state index in [9.17, 15) is 13.7 Å². The van der Waals surface area contributed by atoms with E-state index < -0.39 is 10.0 Å². The fourth-order valence-electron chi connectivity index (χ4n) is 3.08. The van der Waals surface area contributed by atoms with E-state index in [1.165, 1.54) is 15.6 Å². The quantitative estimate of drug-likeness (QED) is 0.640. The van der Waals surface area contributed by atoms with Gasteiger partial charge >= 0.3 is 0 Å². The largest absolute Gasteiger partial charge is 0.324 e. The van der Waals surface area contributed by atoms with E-state index in [1.54, 1.807) is 42.0 Å². The van der Waals surface area contributed by atoms with E-state index >= 15 is 0 Å². The zero-order valence-electron chi connectivity index (χ0n) is 16.2. The summed E-state index contributed by atoms with van der Waals surface area (Å²) in [5.41, 5.74) is 3.31. The molecule has 154 valence electrons. The average Bonchev–Trinajstić information content (AvgIpc) is 3.24. The van der Waals surface area contributed by atoms with Crippen molar-refractivity contribution < 1.29 is 8.42 Å². The minimum Gasteiger partial charge on any atom is -0.324 e. The van der Waals surface area contributed by atoms with Gasteiger partial charge in [-0.1, -0.05) is 0 Å². The molecule has 1 N–H and O–H groups in total. The molecule has 11 heteroatoms. The van der Waals surface area contributed by atoms with Crippen LogP contribution in [0.4, 0.5) is 11.6 Å². The lowest BCUT2D eigenvalue weighted by Crippen LogP contribution is -2.46. The molecule has 0 amide bonds. The van der Waals surface area contributed by atoms with E-state index in [2.05, 4.69) is 31.2 Å². The summed E-state index contributed by atoms with van der Waals surface area (Å²) in [6, 6.07) is 10.3. The summed E-state index contributed by atoms with van der Waals surface area (Å²) in [6.07, 6.45) is 1.58. The van der Waals surface area contributed by atoms with E-state index in [0.717, 1.165) is 13.1 Å². The number of likely N-dealkylation sites (N-methyl/N-ethyl adjacent to an activating group) is 1. The highest BCUT2D eigenvalue weighted by atomic mass is 32.2. The second-order valence-corrected chi connectivity index (χ2v) is 9.56. The first kappa shape index (κ1) is 20.4. The van der Waals surface area contributed by atoms with Gasteiger partial charge in [-0.15, -0.1) is 11.3 Å². The van der Waals surface area contributed by atoms with Crippen molar-refractivity contribution in [3.05, 3.63) is 46.9 Å². The van der Waals surface area contributed by atoms with Crippen molar-refractivity contribution >= 4 is 33.0 Å². The number of hydrogen-bond acceptors (Lipinski definition) is 9. The van der Waals surface area contributed by atoms with Crippen LogP contribution in [0.3, 0.4) is 0 Å². The van der Waals surface area contributed by atoms with Gasteiger partial charge in [-0.3, -0.25) is 0 Å². The number of nitriles is 1. The molecule has 0 saturated carbocycles.